The van der Waals surface area contributed by atoms with Crippen LogP contribution in [0.25, 0.3) is 0 Å². The van der Waals surface area contributed by atoms with Crippen molar-refractivity contribution in [1.29, 1.82) is 0 Å². The molecular weight excluding hydrogens is 322 g/mol. The Balaban J connectivity index is 3.42. The van der Waals surface area contributed by atoms with E-state index in [0.717, 1.165) is 32.5 Å². The van der Waals surface area contributed by atoms with Crippen molar-refractivity contribution >= 4 is 0 Å². The predicted octanol–water partition coefficient (Wildman–Crippen LogP) is 6.98. The Labute approximate surface area is 164 Å². The normalized spacial score (nSPS) is 11.5. The van der Waals surface area contributed by atoms with E-state index in [-0.39, 0.29) is 6.29 Å². The summed E-state index contributed by atoms with van der Waals surface area (Å²) in [7, 11) is 0. The minimum Gasteiger partial charge on any atom is -0.353 e. The van der Waals surface area contributed by atoms with E-state index in [9.17, 15) is 0 Å². The lowest BCUT2D eigenvalue weighted by Crippen LogP contribution is -2.22. The SMILES string of the molecule is CCCCCCCCCCOC(CCN)OCCCCCCCCCC. The molecule has 0 aliphatic heterocycles. The molecule has 0 aromatic heterocycles. The second-order valence-electron chi connectivity index (χ2n) is 7.70. The summed E-state index contributed by atoms with van der Waals surface area (Å²) in [4.78, 5) is 0. The van der Waals surface area contributed by atoms with Crippen molar-refractivity contribution in [2.24, 2.45) is 5.73 Å². The van der Waals surface area contributed by atoms with Crippen LogP contribution >= 0.6 is 0 Å². The van der Waals surface area contributed by atoms with Crippen LogP contribution in [0.3, 0.4) is 0 Å². The smallest absolute Gasteiger partial charge is 0.158 e. The predicted molar refractivity (Wildman–Crippen MR) is 115 cm³/mol. The fourth-order valence-electron chi connectivity index (χ4n) is 3.25. The number of hydrogen-bond donors (Lipinski definition) is 1. The summed E-state index contributed by atoms with van der Waals surface area (Å²) in [6.45, 7) is 6.81. The average Bonchev–Trinajstić information content (AvgIpc) is 2.65. The van der Waals surface area contributed by atoms with Gasteiger partial charge in [0.25, 0.3) is 0 Å². The minimum atomic E-state index is -0.0888. The maximum atomic E-state index is 5.90. The summed E-state index contributed by atoms with van der Waals surface area (Å²) in [6, 6.07) is 0. The van der Waals surface area contributed by atoms with Crippen LogP contribution < -0.4 is 5.73 Å². The van der Waals surface area contributed by atoms with E-state index in [1.54, 1.807) is 0 Å². The van der Waals surface area contributed by atoms with Crippen molar-refractivity contribution in [3.8, 4) is 0 Å². The van der Waals surface area contributed by atoms with Gasteiger partial charge in [0.2, 0.25) is 0 Å². The Morgan fingerprint density at radius 1 is 0.538 bits per heavy atom. The monoisotopic (exact) mass is 371 g/mol. The van der Waals surface area contributed by atoms with E-state index in [0.29, 0.717) is 6.54 Å². The van der Waals surface area contributed by atoms with Gasteiger partial charge < -0.3 is 15.2 Å². The molecule has 158 valence electrons. The van der Waals surface area contributed by atoms with Gasteiger partial charge in [-0.15, -0.1) is 0 Å². The fourth-order valence-corrected chi connectivity index (χ4v) is 3.25. The molecule has 0 saturated heterocycles. The highest BCUT2D eigenvalue weighted by Crippen LogP contribution is 2.11. The molecule has 0 aliphatic carbocycles. The molecule has 3 heteroatoms. The summed E-state index contributed by atoms with van der Waals surface area (Å²) >= 11 is 0. The number of rotatable bonds is 22. The van der Waals surface area contributed by atoms with Gasteiger partial charge in [-0.2, -0.15) is 0 Å². The Hall–Kier alpha value is -0.120. The van der Waals surface area contributed by atoms with Gasteiger partial charge in [-0.25, -0.2) is 0 Å². The summed E-state index contributed by atoms with van der Waals surface area (Å²) in [5.74, 6) is 0. The molecule has 0 aliphatic rings. The Bertz CT molecular complexity index is 226. The Morgan fingerprint density at radius 3 is 1.23 bits per heavy atom. The zero-order valence-electron chi connectivity index (χ0n) is 18.1. The van der Waals surface area contributed by atoms with Crippen LogP contribution in [-0.4, -0.2) is 26.0 Å². The first-order valence-electron chi connectivity index (χ1n) is 11.8. The number of unbranched alkanes of at least 4 members (excludes halogenated alkanes) is 14. The van der Waals surface area contributed by atoms with Crippen LogP contribution in [-0.2, 0) is 9.47 Å². The molecule has 3 nitrogen and oxygen atoms in total. The second kappa shape index (κ2) is 22.9. The van der Waals surface area contributed by atoms with Gasteiger partial charge in [-0.3, -0.25) is 0 Å². The molecule has 0 fully saturated rings. The number of nitrogens with two attached hydrogens (primary N) is 1. The Kier molecular flexibility index (Phi) is 22.8. The molecule has 0 saturated carbocycles. The molecule has 0 bridgehead atoms. The molecule has 0 rings (SSSR count). The van der Waals surface area contributed by atoms with Crippen LogP contribution in [0.5, 0.6) is 0 Å². The molecule has 0 radical (unpaired) electrons. The Morgan fingerprint density at radius 2 is 0.885 bits per heavy atom. The first-order valence-corrected chi connectivity index (χ1v) is 11.8. The van der Waals surface area contributed by atoms with E-state index < -0.39 is 0 Å². The molecule has 0 spiro atoms. The molecule has 26 heavy (non-hydrogen) atoms. The van der Waals surface area contributed by atoms with Crippen LogP contribution in [0.2, 0.25) is 0 Å². The largest absolute Gasteiger partial charge is 0.353 e. The third kappa shape index (κ3) is 20.2. The maximum Gasteiger partial charge on any atom is 0.158 e. The van der Waals surface area contributed by atoms with Gasteiger partial charge >= 0.3 is 0 Å². The van der Waals surface area contributed by atoms with Gasteiger partial charge in [-0.05, 0) is 19.4 Å². The molecule has 2 N–H and O–H groups in total. The van der Waals surface area contributed by atoms with Crippen LogP contribution in [0.15, 0.2) is 0 Å². The van der Waals surface area contributed by atoms with Gasteiger partial charge in [0, 0.05) is 19.6 Å². The summed E-state index contributed by atoms with van der Waals surface area (Å²) in [5, 5.41) is 0. The van der Waals surface area contributed by atoms with Crippen LogP contribution in [0.1, 0.15) is 123 Å². The summed E-state index contributed by atoms with van der Waals surface area (Å²) in [6.07, 6.45) is 22.0. The van der Waals surface area contributed by atoms with E-state index >= 15 is 0 Å². The summed E-state index contributed by atoms with van der Waals surface area (Å²) < 4.78 is 11.8. The molecule has 0 aromatic rings. The van der Waals surface area contributed by atoms with Crippen molar-refractivity contribution in [2.75, 3.05) is 19.8 Å². The lowest BCUT2D eigenvalue weighted by atomic mass is 10.1. The third-order valence-electron chi connectivity index (χ3n) is 5.01. The highest BCUT2D eigenvalue weighted by molar-refractivity contribution is 4.51. The van der Waals surface area contributed by atoms with Crippen molar-refractivity contribution in [3.63, 3.8) is 0 Å². The second-order valence-corrected chi connectivity index (χ2v) is 7.70. The lowest BCUT2D eigenvalue weighted by molar-refractivity contribution is -0.145. The van der Waals surface area contributed by atoms with Gasteiger partial charge in [-0.1, -0.05) is 104 Å². The molecule has 0 atom stereocenters. The average molecular weight is 372 g/mol. The molecule has 0 amide bonds. The van der Waals surface area contributed by atoms with E-state index in [4.69, 9.17) is 15.2 Å². The van der Waals surface area contributed by atoms with Crippen molar-refractivity contribution in [1.82, 2.24) is 0 Å². The fraction of sp³-hybridized carbons (Fsp3) is 1.00. The summed E-state index contributed by atoms with van der Waals surface area (Å²) in [5.41, 5.74) is 5.69. The van der Waals surface area contributed by atoms with Crippen LogP contribution in [0, 0.1) is 0 Å². The van der Waals surface area contributed by atoms with E-state index in [1.165, 1.54) is 89.9 Å². The standard InChI is InChI=1S/C23H49NO2/c1-3-5-7-9-11-13-15-17-21-25-23(19-20-24)26-22-18-16-14-12-10-8-6-4-2/h23H,3-22,24H2,1-2H3. The van der Waals surface area contributed by atoms with Crippen molar-refractivity contribution in [3.05, 3.63) is 0 Å². The van der Waals surface area contributed by atoms with Crippen molar-refractivity contribution in [2.45, 2.75) is 129 Å². The van der Waals surface area contributed by atoms with Gasteiger partial charge in [0.1, 0.15) is 0 Å². The zero-order valence-corrected chi connectivity index (χ0v) is 18.1. The first-order chi connectivity index (χ1) is 12.8. The molecule has 0 aromatic carbocycles. The lowest BCUT2D eigenvalue weighted by Gasteiger charge is -2.18. The van der Waals surface area contributed by atoms with E-state index in [2.05, 4.69) is 13.8 Å². The van der Waals surface area contributed by atoms with Gasteiger partial charge in [0.05, 0.1) is 0 Å². The highest BCUT2D eigenvalue weighted by atomic mass is 16.7. The quantitative estimate of drug-likeness (QED) is 0.165. The third-order valence-corrected chi connectivity index (χ3v) is 5.01. The van der Waals surface area contributed by atoms with Crippen molar-refractivity contribution < 1.29 is 9.47 Å². The topological polar surface area (TPSA) is 44.5 Å². The molecular formula is C23H49NO2. The molecule has 0 unspecified atom stereocenters. The van der Waals surface area contributed by atoms with Gasteiger partial charge in [0.15, 0.2) is 6.29 Å². The highest BCUT2D eigenvalue weighted by Gasteiger charge is 2.08. The van der Waals surface area contributed by atoms with Crippen LogP contribution in [0.4, 0.5) is 0 Å². The first kappa shape index (κ1) is 25.9. The number of hydrogen-bond acceptors (Lipinski definition) is 3. The maximum absolute atomic E-state index is 5.90. The minimum absolute atomic E-state index is 0.0888. The van der Waals surface area contributed by atoms with E-state index in [1.807, 2.05) is 0 Å². The zero-order chi connectivity index (χ0) is 19.1. The number of ether oxygens (including phenoxy) is 2. The molecule has 0 heterocycles.